The van der Waals surface area contributed by atoms with Crippen molar-refractivity contribution in [2.24, 2.45) is 5.92 Å². The molecule has 0 aromatic heterocycles. The van der Waals surface area contributed by atoms with Gasteiger partial charge in [0.25, 0.3) is 0 Å². The molecular weight excluding hydrogens is 542 g/mol. The van der Waals surface area contributed by atoms with Gasteiger partial charge in [-0.1, -0.05) is 62.4 Å². The maximum atomic E-state index is 14.1. The minimum atomic E-state index is -0.574. The molecule has 2 atom stereocenters. The summed E-state index contributed by atoms with van der Waals surface area (Å²) in [4.78, 5) is 27.6. The number of methoxy groups -OCH3 is 2. The van der Waals surface area contributed by atoms with Crippen LogP contribution in [0.1, 0.15) is 62.1 Å². The van der Waals surface area contributed by atoms with Gasteiger partial charge in [-0.05, 0) is 66.1 Å². The quantitative estimate of drug-likeness (QED) is 0.262. The van der Waals surface area contributed by atoms with Gasteiger partial charge in [-0.25, -0.2) is 4.79 Å². The lowest BCUT2D eigenvalue weighted by Gasteiger charge is -2.37. The van der Waals surface area contributed by atoms with E-state index in [4.69, 9.17) is 18.9 Å². The summed E-state index contributed by atoms with van der Waals surface area (Å²) >= 11 is 0. The number of Topliss-reactive ketones (excluding diaryl/α,β-unsaturated/α-hetero) is 1. The monoisotopic (exact) mass is 581 g/mol. The molecule has 0 saturated heterocycles. The van der Waals surface area contributed by atoms with Crippen molar-refractivity contribution < 1.29 is 28.5 Å². The number of carbonyl (C=O) groups excluding carboxylic acids is 2. The van der Waals surface area contributed by atoms with Crippen LogP contribution in [0.5, 0.6) is 17.2 Å². The second-order valence-corrected chi connectivity index (χ2v) is 11.5. The number of rotatable bonds is 10. The predicted octanol–water partition coefficient (Wildman–Crippen LogP) is 6.84. The Labute approximate surface area is 253 Å². The summed E-state index contributed by atoms with van der Waals surface area (Å²) in [6.07, 6.45) is 0.924. The fourth-order valence-electron chi connectivity index (χ4n) is 5.83. The van der Waals surface area contributed by atoms with Gasteiger partial charge in [0.05, 0.1) is 26.4 Å². The Morgan fingerprint density at radius 3 is 2.40 bits per heavy atom. The zero-order valence-electron chi connectivity index (χ0n) is 25.4. The van der Waals surface area contributed by atoms with Crippen LogP contribution < -0.4 is 19.5 Å². The highest BCUT2D eigenvalue weighted by atomic mass is 16.5. The number of ether oxygens (including phenoxy) is 4. The highest BCUT2D eigenvalue weighted by Crippen LogP contribution is 2.47. The zero-order valence-corrected chi connectivity index (χ0v) is 25.4. The van der Waals surface area contributed by atoms with Crippen LogP contribution in [-0.4, -0.2) is 32.6 Å². The Kier molecular flexibility index (Phi) is 9.19. The van der Waals surface area contributed by atoms with Gasteiger partial charge in [-0.15, -0.1) is 0 Å². The van der Waals surface area contributed by atoms with E-state index in [0.29, 0.717) is 60.1 Å². The van der Waals surface area contributed by atoms with Crippen LogP contribution in [0.4, 0.5) is 0 Å². The third kappa shape index (κ3) is 6.61. The second-order valence-electron chi connectivity index (χ2n) is 11.5. The van der Waals surface area contributed by atoms with Gasteiger partial charge >= 0.3 is 5.97 Å². The van der Waals surface area contributed by atoms with E-state index in [1.54, 1.807) is 14.2 Å². The topological polar surface area (TPSA) is 83.1 Å². The fourth-order valence-corrected chi connectivity index (χ4v) is 5.83. The summed E-state index contributed by atoms with van der Waals surface area (Å²) in [6.45, 7) is 6.58. The van der Waals surface area contributed by atoms with E-state index in [1.807, 2.05) is 93.6 Å². The number of dihydropyridines is 1. The Balaban J connectivity index is 1.51. The average molecular weight is 582 g/mol. The first-order valence-electron chi connectivity index (χ1n) is 14.7. The Morgan fingerprint density at radius 1 is 0.907 bits per heavy atom. The molecule has 7 nitrogen and oxygen atoms in total. The largest absolute Gasteiger partial charge is 0.493 e. The lowest BCUT2D eigenvalue weighted by atomic mass is 9.71. The van der Waals surface area contributed by atoms with Crippen molar-refractivity contribution in [2.75, 3.05) is 20.8 Å². The first kappa shape index (κ1) is 30.0. The third-order valence-electron chi connectivity index (χ3n) is 7.91. The second kappa shape index (κ2) is 13.2. The molecule has 1 aliphatic heterocycles. The minimum Gasteiger partial charge on any atom is -0.493 e. The Hall–Kier alpha value is -4.52. The molecule has 1 N–H and O–H groups in total. The molecule has 43 heavy (non-hydrogen) atoms. The molecule has 3 aromatic carbocycles. The smallest absolute Gasteiger partial charge is 0.336 e. The molecule has 5 rings (SSSR count). The van der Waals surface area contributed by atoms with Crippen LogP contribution in [-0.2, 0) is 20.9 Å². The molecule has 7 heteroatoms. The molecule has 0 radical (unpaired) electrons. The predicted molar refractivity (Wildman–Crippen MR) is 165 cm³/mol. The minimum absolute atomic E-state index is 0.00389. The number of hydrogen-bond acceptors (Lipinski definition) is 7. The maximum Gasteiger partial charge on any atom is 0.336 e. The summed E-state index contributed by atoms with van der Waals surface area (Å²) in [5.74, 6) is 1.07. The van der Waals surface area contributed by atoms with Crippen molar-refractivity contribution in [1.29, 1.82) is 0 Å². The van der Waals surface area contributed by atoms with E-state index in [2.05, 4.69) is 5.32 Å². The SMILES string of the molecule is COc1ccc([C@H]2CC(=O)C3=C(C2)NC(C)=C(C(=O)OCC(C)C)[C@H]3c2cccc(OCc3ccccc3)c2)cc1OC. The van der Waals surface area contributed by atoms with E-state index in [0.717, 1.165) is 22.4 Å². The van der Waals surface area contributed by atoms with Crippen LogP contribution in [0.2, 0.25) is 0 Å². The number of nitrogens with one attached hydrogen (secondary N) is 1. The van der Waals surface area contributed by atoms with Gasteiger partial charge in [-0.3, -0.25) is 4.79 Å². The molecule has 0 spiro atoms. The summed E-state index contributed by atoms with van der Waals surface area (Å²) in [5, 5.41) is 3.43. The summed E-state index contributed by atoms with van der Waals surface area (Å²) in [5.41, 5.74) is 5.45. The van der Waals surface area contributed by atoms with E-state index in [1.165, 1.54) is 0 Å². The number of esters is 1. The molecule has 1 aliphatic carbocycles. The highest BCUT2D eigenvalue weighted by molar-refractivity contribution is 6.04. The molecule has 3 aromatic rings. The molecular formula is C36H39NO6. The van der Waals surface area contributed by atoms with Gasteiger partial charge in [0.15, 0.2) is 17.3 Å². The van der Waals surface area contributed by atoms with Crippen molar-refractivity contribution in [3.05, 3.63) is 112 Å². The number of hydrogen-bond donors (Lipinski definition) is 1. The van der Waals surface area contributed by atoms with E-state index in [-0.39, 0.29) is 17.6 Å². The average Bonchev–Trinajstić information content (AvgIpc) is 3.02. The Morgan fingerprint density at radius 2 is 1.67 bits per heavy atom. The van der Waals surface area contributed by atoms with Gasteiger partial charge in [0, 0.05) is 29.3 Å². The van der Waals surface area contributed by atoms with Crippen LogP contribution in [0.25, 0.3) is 0 Å². The molecule has 0 amide bonds. The lowest BCUT2D eigenvalue weighted by Crippen LogP contribution is -2.36. The van der Waals surface area contributed by atoms with Crippen LogP contribution in [0.15, 0.2) is 95.3 Å². The summed E-state index contributed by atoms with van der Waals surface area (Å²) < 4.78 is 22.8. The first-order chi connectivity index (χ1) is 20.8. The van der Waals surface area contributed by atoms with Crippen LogP contribution >= 0.6 is 0 Å². The highest BCUT2D eigenvalue weighted by Gasteiger charge is 2.41. The summed E-state index contributed by atoms with van der Waals surface area (Å²) in [7, 11) is 3.21. The van der Waals surface area contributed by atoms with Gasteiger partial charge in [-0.2, -0.15) is 0 Å². The van der Waals surface area contributed by atoms with Crippen molar-refractivity contribution in [1.82, 2.24) is 5.32 Å². The van der Waals surface area contributed by atoms with E-state index in [9.17, 15) is 9.59 Å². The molecule has 0 unspecified atom stereocenters. The Bertz CT molecular complexity index is 1550. The summed E-state index contributed by atoms with van der Waals surface area (Å²) in [6, 6.07) is 23.4. The number of carbonyl (C=O) groups is 2. The molecule has 1 heterocycles. The third-order valence-corrected chi connectivity index (χ3v) is 7.91. The number of allylic oxidation sites excluding steroid dienone is 3. The fraction of sp³-hybridized carbons (Fsp3) is 0.333. The normalized spacial score (nSPS) is 18.2. The van der Waals surface area contributed by atoms with Crippen molar-refractivity contribution in [3.63, 3.8) is 0 Å². The van der Waals surface area contributed by atoms with E-state index >= 15 is 0 Å². The van der Waals surface area contributed by atoms with Crippen molar-refractivity contribution >= 4 is 11.8 Å². The van der Waals surface area contributed by atoms with Crippen molar-refractivity contribution in [2.45, 2.75) is 52.1 Å². The standard InChI is InChI=1S/C36H39NO6/c1-22(2)20-43-36(39)33-23(3)37-29-17-27(25-14-15-31(40-4)32(19-25)41-5)18-30(38)35(29)34(33)26-12-9-13-28(16-26)42-21-24-10-7-6-8-11-24/h6-16,19,22,27,34,37H,17-18,20-21H2,1-5H3/t27-,34-/m1/s1. The maximum absolute atomic E-state index is 14.1. The molecule has 0 fully saturated rings. The zero-order chi connectivity index (χ0) is 30.5. The molecule has 0 saturated carbocycles. The van der Waals surface area contributed by atoms with Crippen molar-refractivity contribution in [3.8, 4) is 17.2 Å². The molecule has 224 valence electrons. The van der Waals surface area contributed by atoms with E-state index < -0.39 is 11.9 Å². The molecule has 0 bridgehead atoms. The van der Waals surface area contributed by atoms with Gasteiger partial charge in [0.2, 0.25) is 0 Å². The first-order valence-corrected chi connectivity index (χ1v) is 14.7. The number of ketones is 1. The van der Waals surface area contributed by atoms with Crippen LogP contribution in [0.3, 0.4) is 0 Å². The molecule has 2 aliphatic rings. The van der Waals surface area contributed by atoms with Gasteiger partial charge in [0.1, 0.15) is 12.4 Å². The lowest BCUT2D eigenvalue weighted by molar-refractivity contribution is -0.140. The van der Waals surface area contributed by atoms with Crippen LogP contribution in [0, 0.1) is 5.92 Å². The number of benzene rings is 3. The van der Waals surface area contributed by atoms with Gasteiger partial charge < -0.3 is 24.3 Å².